The van der Waals surface area contributed by atoms with Gasteiger partial charge in [-0.1, -0.05) is 19.1 Å². The molecule has 1 amide bonds. The number of methoxy groups -OCH3 is 1. The quantitative estimate of drug-likeness (QED) is 0.392. The second-order valence-corrected chi connectivity index (χ2v) is 10.2. The van der Waals surface area contributed by atoms with E-state index < -0.39 is 60.2 Å². The third-order valence-corrected chi connectivity index (χ3v) is 7.13. The Morgan fingerprint density at radius 2 is 1.92 bits per heavy atom. The number of piperidine rings is 1. The highest BCUT2D eigenvalue weighted by Gasteiger charge is 2.47. The minimum Gasteiger partial charge on any atom is -0.480 e. The van der Waals surface area contributed by atoms with Gasteiger partial charge in [-0.05, 0) is 30.5 Å². The van der Waals surface area contributed by atoms with Crippen molar-refractivity contribution in [1.29, 1.82) is 0 Å². The number of nitrogens with one attached hydrogen (secondary N) is 1. The van der Waals surface area contributed by atoms with E-state index in [0.717, 1.165) is 12.0 Å². The van der Waals surface area contributed by atoms with Crippen LogP contribution in [0.4, 0.5) is 32.3 Å². The molecule has 7 nitrogen and oxygen atoms in total. The summed E-state index contributed by atoms with van der Waals surface area (Å²) in [5, 5.41) is 3.27. The minimum absolute atomic E-state index is 0.0403. The molecule has 0 radical (unpaired) electrons. The standard InChI is InChI=1S/C24H23F6N5O2S/c1-12-8-23(26,27)11-35(17(12)10-32-22-31-9-16(24(28,29)30)20(34-22)37-3)21(36)18-19(38-13(2)33-18)14-4-6-15(25)7-5-14/h4-7,9,12,17H,8,10-11H2,1-3H3,(H,31,32,34). The maximum absolute atomic E-state index is 14.6. The van der Waals surface area contributed by atoms with Crippen LogP contribution in [-0.2, 0) is 6.18 Å². The Labute approximate surface area is 217 Å². The molecule has 2 unspecified atom stereocenters. The van der Waals surface area contributed by atoms with Gasteiger partial charge in [0.15, 0.2) is 0 Å². The molecule has 0 bridgehead atoms. The van der Waals surface area contributed by atoms with E-state index >= 15 is 0 Å². The molecule has 0 aliphatic carbocycles. The molecule has 1 saturated heterocycles. The summed E-state index contributed by atoms with van der Waals surface area (Å²) in [7, 11) is 1.03. The van der Waals surface area contributed by atoms with Crippen molar-refractivity contribution < 1.29 is 35.9 Å². The van der Waals surface area contributed by atoms with E-state index in [2.05, 4.69) is 20.3 Å². The number of anilines is 1. The third-order valence-electron chi connectivity index (χ3n) is 6.11. The number of hydrogen-bond donors (Lipinski definition) is 1. The molecule has 1 aliphatic heterocycles. The second kappa shape index (κ2) is 10.4. The molecule has 1 fully saturated rings. The molecule has 14 heteroatoms. The van der Waals surface area contributed by atoms with Crippen molar-refractivity contribution in [3.8, 4) is 16.3 Å². The zero-order valence-corrected chi connectivity index (χ0v) is 21.3. The number of amides is 1. The molecule has 2 aromatic heterocycles. The van der Waals surface area contributed by atoms with Gasteiger partial charge in [-0.2, -0.15) is 18.2 Å². The Kier molecular flexibility index (Phi) is 7.55. The number of nitrogens with zero attached hydrogens (tertiary/aromatic N) is 4. The number of alkyl halides is 5. The molecule has 3 heterocycles. The number of aryl methyl sites for hydroxylation is 1. The van der Waals surface area contributed by atoms with E-state index in [-0.39, 0.29) is 18.2 Å². The Morgan fingerprint density at radius 1 is 1.24 bits per heavy atom. The summed E-state index contributed by atoms with van der Waals surface area (Å²) < 4.78 is 86.8. The van der Waals surface area contributed by atoms with Crippen molar-refractivity contribution >= 4 is 23.2 Å². The van der Waals surface area contributed by atoms with Crippen LogP contribution < -0.4 is 10.1 Å². The van der Waals surface area contributed by atoms with Crippen molar-refractivity contribution in [2.24, 2.45) is 5.92 Å². The smallest absolute Gasteiger partial charge is 0.423 e. The summed E-state index contributed by atoms with van der Waals surface area (Å²) in [5.74, 6) is -5.99. The number of likely N-dealkylation sites (tertiary alicyclic amines) is 1. The largest absolute Gasteiger partial charge is 0.480 e. The van der Waals surface area contributed by atoms with Gasteiger partial charge in [0.25, 0.3) is 11.8 Å². The average Bonchev–Trinajstić information content (AvgIpc) is 3.23. The lowest BCUT2D eigenvalue weighted by molar-refractivity contribution is -0.139. The van der Waals surface area contributed by atoms with E-state index in [1.54, 1.807) is 13.8 Å². The van der Waals surface area contributed by atoms with E-state index in [1.165, 1.54) is 35.6 Å². The molecule has 3 aromatic rings. The van der Waals surface area contributed by atoms with E-state index in [4.69, 9.17) is 4.74 Å². The van der Waals surface area contributed by atoms with Crippen molar-refractivity contribution in [2.75, 3.05) is 25.5 Å². The number of thiazole rings is 1. The summed E-state index contributed by atoms with van der Waals surface area (Å²) in [6.07, 6.45) is -4.67. The molecular weight excluding hydrogens is 536 g/mol. The highest BCUT2D eigenvalue weighted by Crippen LogP contribution is 2.38. The molecule has 2 atom stereocenters. The zero-order chi connectivity index (χ0) is 27.8. The normalized spacial score (nSPS) is 19.3. The number of ether oxygens (including phenoxy) is 1. The summed E-state index contributed by atoms with van der Waals surface area (Å²) in [6.45, 7) is 2.23. The first-order valence-electron chi connectivity index (χ1n) is 11.4. The summed E-state index contributed by atoms with van der Waals surface area (Å²) in [6, 6.07) is 4.60. The number of carbonyl (C=O) groups excluding carboxylic acids is 1. The van der Waals surface area contributed by atoms with Crippen LogP contribution in [0.25, 0.3) is 10.4 Å². The van der Waals surface area contributed by atoms with Crippen molar-refractivity contribution in [3.63, 3.8) is 0 Å². The highest BCUT2D eigenvalue weighted by molar-refractivity contribution is 7.15. The topological polar surface area (TPSA) is 80.2 Å². The predicted octanol–water partition coefficient (Wildman–Crippen LogP) is 5.67. The fraction of sp³-hybridized carbons (Fsp3) is 0.417. The third kappa shape index (κ3) is 5.84. The maximum atomic E-state index is 14.6. The number of benzene rings is 1. The molecular formula is C24H23F6N5O2S. The van der Waals surface area contributed by atoms with Gasteiger partial charge in [0.2, 0.25) is 11.8 Å². The molecule has 1 N–H and O–H groups in total. The van der Waals surface area contributed by atoms with Crippen molar-refractivity contribution in [3.05, 3.63) is 52.5 Å². The Bertz CT molecular complexity index is 1310. The lowest BCUT2D eigenvalue weighted by atomic mass is 9.88. The molecule has 0 spiro atoms. The van der Waals surface area contributed by atoms with Crippen molar-refractivity contribution in [2.45, 2.75) is 38.4 Å². The Morgan fingerprint density at radius 3 is 2.55 bits per heavy atom. The van der Waals surface area contributed by atoms with Gasteiger partial charge in [0, 0.05) is 19.2 Å². The molecule has 1 aromatic carbocycles. The average molecular weight is 560 g/mol. The molecule has 0 saturated carbocycles. The fourth-order valence-electron chi connectivity index (χ4n) is 4.38. The summed E-state index contributed by atoms with van der Waals surface area (Å²) in [4.78, 5) is 26.8. The van der Waals surface area contributed by atoms with Gasteiger partial charge in [0.1, 0.15) is 17.1 Å². The maximum Gasteiger partial charge on any atom is 0.423 e. The van der Waals surface area contributed by atoms with Gasteiger partial charge in [-0.3, -0.25) is 4.79 Å². The van der Waals surface area contributed by atoms with Gasteiger partial charge in [-0.15, -0.1) is 11.3 Å². The predicted molar refractivity (Wildman–Crippen MR) is 128 cm³/mol. The lowest BCUT2D eigenvalue weighted by Crippen LogP contribution is -2.57. The van der Waals surface area contributed by atoms with Gasteiger partial charge >= 0.3 is 6.18 Å². The lowest BCUT2D eigenvalue weighted by Gasteiger charge is -2.43. The van der Waals surface area contributed by atoms with E-state index in [9.17, 15) is 31.1 Å². The number of carbonyl (C=O) groups is 1. The molecule has 38 heavy (non-hydrogen) atoms. The van der Waals surface area contributed by atoms with Crippen LogP contribution in [0.2, 0.25) is 0 Å². The highest BCUT2D eigenvalue weighted by atomic mass is 32.1. The Hall–Kier alpha value is -3.42. The van der Waals surface area contributed by atoms with Crippen LogP contribution in [0.15, 0.2) is 30.5 Å². The van der Waals surface area contributed by atoms with Crippen LogP contribution in [0.1, 0.15) is 34.4 Å². The first kappa shape index (κ1) is 27.6. The van der Waals surface area contributed by atoms with Crippen LogP contribution in [0.5, 0.6) is 5.88 Å². The van der Waals surface area contributed by atoms with Gasteiger partial charge < -0.3 is 15.0 Å². The zero-order valence-electron chi connectivity index (χ0n) is 20.4. The first-order valence-corrected chi connectivity index (χ1v) is 12.2. The van der Waals surface area contributed by atoms with Crippen LogP contribution in [0, 0.1) is 18.7 Å². The van der Waals surface area contributed by atoms with Gasteiger partial charge in [-0.25, -0.2) is 23.1 Å². The van der Waals surface area contributed by atoms with Crippen LogP contribution in [0.3, 0.4) is 0 Å². The fourth-order valence-corrected chi connectivity index (χ4v) is 5.30. The van der Waals surface area contributed by atoms with Crippen LogP contribution in [-0.4, -0.2) is 57.9 Å². The Balaban J connectivity index is 1.63. The monoisotopic (exact) mass is 559 g/mol. The number of rotatable bonds is 6. The SMILES string of the molecule is COc1nc(NCC2C(C)CC(F)(F)CN2C(=O)c2nc(C)sc2-c2ccc(F)cc2)ncc1C(F)(F)F. The number of hydrogen-bond acceptors (Lipinski definition) is 7. The molecule has 1 aliphatic rings. The minimum atomic E-state index is -4.73. The number of halogens is 6. The second-order valence-electron chi connectivity index (χ2n) is 8.95. The number of aromatic nitrogens is 3. The molecule has 204 valence electrons. The van der Waals surface area contributed by atoms with Crippen LogP contribution >= 0.6 is 11.3 Å². The summed E-state index contributed by atoms with van der Waals surface area (Å²) in [5.41, 5.74) is -0.696. The van der Waals surface area contributed by atoms with Crippen molar-refractivity contribution in [1.82, 2.24) is 19.9 Å². The van der Waals surface area contributed by atoms with E-state index in [1.807, 2.05) is 0 Å². The molecule has 4 rings (SSSR count). The summed E-state index contributed by atoms with van der Waals surface area (Å²) >= 11 is 1.18. The van der Waals surface area contributed by atoms with Gasteiger partial charge in [0.05, 0.1) is 29.6 Å². The van der Waals surface area contributed by atoms with E-state index in [0.29, 0.717) is 21.6 Å². The first-order chi connectivity index (χ1) is 17.8.